The minimum absolute atomic E-state index is 0.110. The van der Waals surface area contributed by atoms with Crippen molar-refractivity contribution in [3.05, 3.63) is 46.5 Å². The van der Waals surface area contributed by atoms with Crippen LogP contribution in [0.3, 0.4) is 0 Å². The van der Waals surface area contributed by atoms with Gasteiger partial charge in [0.1, 0.15) is 39.8 Å². The summed E-state index contributed by atoms with van der Waals surface area (Å²) in [6.07, 6.45) is -4.82. The maximum Gasteiger partial charge on any atom is 0.424 e. The number of carbonyl (C=O) groups excluding carboxylic acids is 1. The molecule has 3 heterocycles. The van der Waals surface area contributed by atoms with Gasteiger partial charge >= 0.3 is 12.3 Å². The zero-order chi connectivity index (χ0) is 24.6. The highest BCUT2D eigenvalue weighted by Crippen LogP contribution is 2.41. The highest BCUT2D eigenvalue weighted by Gasteiger charge is 2.59. The predicted octanol–water partition coefficient (Wildman–Crippen LogP) is 3.68. The van der Waals surface area contributed by atoms with E-state index in [0.717, 1.165) is 18.3 Å². The van der Waals surface area contributed by atoms with E-state index in [2.05, 4.69) is 20.3 Å². The van der Waals surface area contributed by atoms with Crippen molar-refractivity contribution in [3.8, 4) is 11.9 Å². The molecule has 1 aliphatic rings. The van der Waals surface area contributed by atoms with Crippen molar-refractivity contribution in [2.75, 3.05) is 11.9 Å². The van der Waals surface area contributed by atoms with Gasteiger partial charge in [-0.25, -0.2) is 19.2 Å². The van der Waals surface area contributed by atoms with Crippen molar-refractivity contribution < 1.29 is 31.8 Å². The van der Waals surface area contributed by atoms with Crippen molar-refractivity contribution in [1.82, 2.24) is 9.97 Å². The number of amides is 1. The zero-order valence-corrected chi connectivity index (χ0v) is 17.8. The second-order valence-corrected chi connectivity index (χ2v) is 7.66. The van der Waals surface area contributed by atoms with Crippen LogP contribution < -0.4 is 15.8 Å². The van der Waals surface area contributed by atoms with Gasteiger partial charge in [0.05, 0.1) is 12.2 Å². The summed E-state index contributed by atoms with van der Waals surface area (Å²) in [5.41, 5.74) is 0.706. The Kier molecular flexibility index (Phi) is 6.18. The lowest BCUT2D eigenvalue weighted by Gasteiger charge is -2.40. The van der Waals surface area contributed by atoms with Gasteiger partial charge in [-0.05, 0) is 32.0 Å². The third kappa shape index (κ3) is 4.67. The van der Waals surface area contributed by atoms with E-state index in [4.69, 9.17) is 32.1 Å². The molecule has 174 valence electrons. The Bertz CT molecular complexity index is 1190. The van der Waals surface area contributed by atoms with Crippen molar-refractivity contribution in [2.45, 2.75) is 31.2 Å². The summed E-state index contributed by atoms with van der Waals surface area (Å²) in [5, 5.41) is 10.9. The number of nitrogens with two attached hydrogens (primary N) is 1. The molecule has 0 aliphatic carbocycles. The molecule has 0 bridgehead atoms. The Labute approximate surface area is 189 Å². The molecule has 9 nitrogen and oxygen atoms in total. The molecule has 0 aromatic carbocycles. The number of nitrogens with zero attached hydrogens (tertiary/aromatic N) is 4. The van der Waals surface area contributed by atoms with Gasteiger partial charge in [-0.15, -0.1) is 0 Å². The number of nitrogens with one attached hydrogen (secondary N) is 1. The molecule has 2 atom stereocenters. The Hall–Kier alpha value is -3.50. The third-order valence-corrected chi connectivity index (χ3v) is 5.02. The molecule has 33 heavy (non-hydrogen) atoms. The fourth-order valence-electron chi connectivity index (χ4n) is 2.78. The van der Waals surface area contributed by atoms with E-state index in [1.54, 1.807) is 0 Å². The van der Waals surface area contributed by atoms with Gasteiger partial charge in [-0.1, -0.05) is 11.6 Å². The number of halogens is 5. The first-order valence-corrected chi connectivity index (χ1v) is 9.45. The van der Waals surface area contributed by atoms with Crippen molar-refractivity contribution >= 4 is 29.3 Å². The summed E-state index contributed by atoms with van der Waals surface area (Å²) in [6.45, 7) is 1.31. The number of hydrogen-bond acceptors (Lipinski definition) is 8. The fourth-order valence-corrected chi connectivity index (χ4v) is 2.99. The number of aromatic nitrogens is 2. The third-order valence-electron chi connectivity index (χ3n) is 4.75. The largest absolute Gasteiger partial charge is 0.424 e. The van der Waals surface area contributed by atoms with Crippen LogP contribution in [-0.4, -0.2) is 40.3 Å². The smallest absolute Gasteiger partial charge is 0.389 e. The molecule has 0 radical (unpaired) electrons. The van der Waals surface area contributed by atoms with Crippen LogP contribution in [0.5, 0.6) is 5.88 Å². The lowest BCUT2D eigenvalue weighted by atomic mass is 9.93. The molecule has 2 aromatic heterocycles. The highest BCUT2D eigenvalue weighted by molar-refractivity contribution is 6.32. The zero-order valence-electron chi connectivity index (χ0n) is 17.0. The Balaban J connectivity index is 1.84. The number of amidine groups is 1. The molecule has 3 N–H and O–H groups in total. The molecule has 0 saturated carbocycles. The summed E-state index contributed by atoms with van der Waals surface area (Å²) in [5.74, 6) is -2.32. The van der Waals surface area contributed by atoms with Crippen LogP contribution in [-0.2, 0) is 10.3 Å². The minimum atomic E-state index is -4.85. The average Bonchev–Trinajstić information content (AvgIpc) is 2.73. The van der Waals surface area contributed by atoms with Crippen LogP contribution in [0.15, 0.2) is 29.4 Å². The molecule has 0 fully saturated rings. The van der Waals surface area contributed by atoms with Gasteiger partial charge in [0, 0.05) is 6.20 Å². The molecule has 2 aromatic rings. The standard InChI is InChI=1S/C19H15ClF4N6O3/c1-17(8-32-18(2,15(26)30-17)19(22,23)24)13-11(21)3-4-12(28-13)29-16(31)33-14-10(20)5-9(6-25)7-27-14/h3-5,7H,8H2,1-2H3,(H2,26,30)(H,28,29,31)/t17-,18-/m1/s1. The van der Waals surface area contributed by atoms with E-state index in [1.807, 2.05) is 6.07 Å². The van der Waals surface area contributed by atoms with Crippen LogP contribution in [0, 0.1) is 17.1 Å². The van der Waals surface area contributed by atoms with Crippen molar-refractivity contribution in [1.29, 1.82) is 5.26 Å². The van der Waals surface area contributed by atoms with E-state index in [-0.39, 0.29) is 22.3 Å². The van der Waals surface area contributed by atoms with E-state index in [1.165, 1.54) is 13.0 Å². The SMILES string of the molecule is C[C@]1(c2nc(NC(=O)Oc3ncc(C#N)cc3Cl)ccc2F)CO[C@@](C)(C(F)(F)F)C(N)=N1. The minimum Gasteiger partial charge on any atom is -0.389 e. The normalized spacial score (nSPS) is 22.8. The van der Waals surface area contributed by atoms with Gasteiger partial charge in [0.15, 0.2) is 0 Å². The quantitative estimate of drug-likeness (QED) is 0.632. The van der Waals surface area contributed by atoms with Crippen LogP contribution in [0.1, 0.15) is 25.1 Å². The van der Waals surface area contributed by atoms with Gasteiger partial charge < -0.3 is 15.2 Å². The first-order chi connectivity index (χ1) is 15.3. The van der Waals surface area contributed by atoms with Crippen LogP contribution >= 0.6 is 11.6 Å². The highest BCUT2D eigenvalue weighted by atomic mass is 35.5. The van der Waals surface area contributed by atoms with Crippen LogP contribution in [0.2, 0.25) is 5.02 Å². The average molecular weight is 487 g/mol. The van der Waals surface area contributed by atoms with E-state index >= 15 is 0 Å². The van der Waals surface area contributed by atoms with Crippen molar-refractivity contribution in [2.24, 2.45) is 10.7 Å². The van der Waals surface area contributed by atoms with E-state index in [9.17, 15) is 22.4 Å². The Morgan fingerprint density at radius 3 is 2.67 bits per heavy atom. The second-order valence-electron chi connectivity index (χ2n) is 7.25. The molecule has 1 aliphatic heterocycles. The first kappa shape index (κ1) is 24.1. The molecule has 14 heteroatoms. The molecule has 0 spiro atoms. The number of ether oxygens (including phenoxy) is 2. The maximum atomic E-state index is 14.5. The lowest BCUT2D eigenvalue weighted by Crippen LogP contribution is -2.60. The fraction of sp³-hybridized carbons (Fsp3) is 0.316. The first-order valence-electron chi connectivity index (χ1n) is 9.07. The monoisotopic (exact) mass is 486 g/mol. The summed E-state index contributed by atoms with van der Waals surface area (Å²) in [6, 6.07) is 5.06. The summed E-state index contributed by atoms with van der Waals surface area (Å²) >= 11 is 5.89. The number of nitriles is 1. The number of aliphatic imine (C=N–C) groups is 1. The number of alkyl halides is 3. The number of rotatable bonds is 3. The molecule has 0 saturated heterocycles. The number of hydrogen-bond donors (Lipinski definition) is 2. The number of anilines is 1. The predicted molar refractivity (Wildman–Crippen MR) is 107 cm³/mol. The van der Waals surface area contributed by atoms with Crippen LogP contribution in [0.25, 0.3) is 0 Å². The van der Waals surface area contributed by atoms with Gasteiger partial charge in [0.2, 0.25) is 11.5 Å². The van der Waals surface area contributed by atoms with Crippen LogP contribution in [0.4, 0.5) is 28.2 Å². The molecule has 1 amide bonds. The maximum absolute atomic E-state index is 14.5. The van der Waals surface area contributed by atoms with Gasteiger partial charge in [0.25, 0.3) is 0 Å². The second kappa shape index (κ2) is 8.45. The van der Waals surface area contributed by atoms with E-state index in [0.29, 0.717) is 6.92 Å². The topological polar surface area (TPSA) is 136 Å². The van der Waals surface area contributed by atoms with Crippen molar-refractivity contribution in [3.63, 3.8) is 0 Å². The van der Waals surface area contributed by atoms with Gasteiger partial charge in [-0.3, -0.25) is 10.3 Å². The number of carbonyl (C=O) groups is 1. The Morgan fingerprint density at radius 2 is 2.09 bits per heavy atom. The summed E-state index contributed by atoms with van der Waals surface area (Å²) < 4.78 is 64.3. The van der Waals surface area contributed by atoms with E-state index < -0.39 is 47.4 Å². The van der Waals surface area contributed by atoms with Gasteiger partial charge in [-0.2, -0.15) is 18.4 Å². The Morgan fingerprint density at radius 1 is 1.39 bits per heavy atom. The summed E-state index contributed by atoms with van der Waals surface area (Å²) in [7, 11) is 0. The lowest BCUT2D eigenvalue weighted by molar-refractivity contribution is -0.249. The summed E-state index contributed by atoms with van der Waals surface area (Å²) in [4.78, 5) is 23.7. The molecular weight excluding hydrogens is 472 g/mol. The molecule has 0 unspecified atom stereocenters. The number of pyridine rings is 2. The molecular formula is C19H15ClF4N6O3. The molecule has 3 rings (SSSR count).